The SMILES string of the molecule is CCCC1CN(Cc2sccc2Br)CCCN1. The largest absolute Gasteiger partial charge is 0.313 e. The first-order valence-electron chi connectivity index (χ1n) is 6.47. The van der Waals surface area contributed by atoms with E-state index in [1.807, 2.05) is 11.3 Å². The molecule has 1 N–H and O–H groups in total. The molecule has 0 aliphatic carbocycles. The van der Waals surface area contributed by atoms with E-state index in [4.69, 9.17) is 0 Å². The molecule has 17 heavy (non-hydrogen) atoms. The van der Waals surface area contributed by atoms with Crippen LogP contribution in [-0.4, -0.2) is 30.6 Å². The highest BCUT2D eigenvalue weighted by atomic mass is 79.9. The molecule has 0 saturated carbocycles. The lowest BCUT2D eigenvalue weighted by Gasteiger charge is -2.23. The Labute approximate surface area is 117 Å². The third kappa shape index (κ3) is 4.05. The molecule has 1 aromatic heterocycles. The molecule has 96 valence electrons. The number of hydrogen-bond acceptors (Lipinski definition) is 3. The average Bonchev–Trinajstić information content (AvgIpc) is 2.59. The molecule has 1 unspecified atom stereocenters. The second-order valence-corrected chi connectivity index (χ2v) is 6.58. The summed E-state index contributed by atoms with van der Waals surface area (Å²) in [5.41, 5.74) is 0. The lowest BCUT2D eigenvalue weighted by atomic mass is 10.1. The Morgan fingerprint density at radius 3 is 3.18 bits per heavy atom. The van der Waals surface area contributed by atoms with Crippen molar-refractivity contribution in [2.24, 2.45) is 0 Å². The molecule has 2 heterocycles. The normalized spacial score (nSPS) is 22.6. The van der Waals surface area contributed by atoms with Gasteiger partial charge in [0.15, 0.2) is 0 Å². The molecule has 2 rings (SSSR count). The van der Waals surface area contributed by atoms with Gasteiger partial charge in [0.2, 0.25) is 0 Å². The van der Waals surface area contributed by atoms with Crippen LogP contribution in [0.4, 0.5) is 0 Å². The number of halogens is 1. The molecule has 0 radical (unpaired) electrons. The van der Waals surface area contributed by atoms with Gasteiger partial charge in [-0.25, -0.2) is 0 Å². The fraction of sp³-hybridized carbons (Fsp3) is 0.692. The number of rotatable bonds is 4. The number of nitrogens with one attached hydrogen (secondary N) is 1. The molecule has 0 spiro atoms. The van der Waals surface area contributed by atoms with Gasteiger partial charge in [0.25, 0.3) is 0 Å². The molecule has 1 fully saturated rings. The molecule has 0 aromatic carbocycles. The summed E-state index contributed by atoms with van der Waals surface area (Å²) >= 11 is 5.48. The van der Waals surface area contributed by atoms with E-state index in [1.54, 1.807) is 0 Å². The van der Waals surface area contributed by atoms with Gasteiger partial charge in [-0.05, 0) is 53.3 Å². The summed E-state index contributed by atoms with van der Waals surface area (Å²) in [6, 6.07) is 2.83. The second kappa shape index (κ2) is 6.88. The van der Waals surface area contributed by atoms with Crippen LogP contribution in [0.5, 0.6) is 0 Å². The van der Waals surface area contributed by atoms with Gasteiger partial charge >= 0.3 is 0 Å². The van der Waals surface area contributed by atoms with Gasteiger partial charge in [-0.15, -0.1) is 11.3 Å². The zero-order valence-corrected chi connectivity index (χ0v) is 12.8. The maximum absolute atomic E-state index is 3.66. The number of thiophene rings is 1. The quantitative estimate of drug-likeness (QED) is 0.915. The molecular weight excluding hydrogens is 296 g/mol. The first-order chi connectivity index (χ1) is 8.29. The van der Waals surface area contributed by atoms with Crippen LogP contribution in [0.15, 0.2) is 15.9 Å². The third-order valence-corrected chi connectivity index (χ3v) is 5.17. The Bertz CT molecular complexity index is 340. The highest BCUT2D eigenvalue weighted by Crippen LogP contribution is 2.24. The van der Waals surface area contributed by atoms with Crippen molar-refractivity contribution in [3.8, 4) is 0 Å². The lowest BCUT2D eigenvalue weighted by Crippen LogP contribution is -2.37. The van der Waals surface area contributed by atoms with Crippen molar-refractivity contribution in [1.82, 2.24) is 10.2 Å². The van der Waals surface area contributed by atoms with Gasteiger partial charge < -0.3 is 5.32 Å². The van der Waals surface area contributed by atoms with Crippen molar-refractivity contribution >= 4 is 27.3 Å². The topological polar surface area (TPSA) is 15.3 Å². The summed E-state index contributed by atoms with van der Waals surface area (Å²) in [6.07, 6.45) is 3.83. The second-order valence-electron chi connectivity index (χ2n) is 4.72. The minimum atomic E-state index is 0.682. The van der Waals surface area contributed by atoms with Crippen molar-refractivity contribution in [3.05, 3.63) is 20.8 Å². The molecule has 1 aromatic rings. The monoisotopic (exact) mass is 316 g/mol. The fourth-order valence-electron chi connectivity index (χ4n) is 2.40. The van der Waals surface area contributed by atoms with Crippen LogP contribution in [0.3, 0.4) is 0 Å². The maximum atomic E-state index is 3.66. The van der Waals surface area contributed by atoms with E-state index >= 15 is 0 Å². The first kappa shape index (κ1) is 13.5. The van der Waals surface area contributed by atoms with Gasteiger partial charge in [0.05, 0.1) is 0 Å². The molecule has 4 heteroatoms. The van der Waals surface area contributed by atoms with Crippen molar-refractivity contribution in [2.75, 3.05) is 19.6 Å². The molecule has 2 nitrogen and oxygen atoms in total. The number of nitrogens with zero attached hydrogens (tertiary/aromatic N) is 1. The van der Waals surface area contributed by atoms with E-state index in [2.05, 4.69) is 44.5 Å². The van der Waals surface area contributed by atoms with Crippen LogP contribution in [0.1, 0.15) is 31.1 Å². The van der Waals surface area contributed by atoms with E-state index in [0.29, 0.717) is 6.04 Å². The summed E-state index contributed by atoms with van der Waals surface area (Å²) in [6.45, 7) is 6.95. The van der Waals surface area contributed by atoms with Crippen LogP contribution in [0.25, 0.3) is 0 Å². The van der Waals surface area contributed by atoms with Crippen molar-refractivity contribution in [2.45, 2.75) is 38.8 Å². The zero-order chi connectivity index (χ0) is 12.1. The Balaban J connectivity index is 1.92. The van der Waals surface area contributed by atoms with Crippen LogP contribution in [0, 0.1) is 0 Å². The highest BCUT2D eigenvalue weighted by molar-refractivity contribution is 9.10. The minimum absolute atomic E-state index is 0.682. The predicted molar refractivity (Wildman–Crippen MR) is 78.6 cm³/mol. The summed E-state index contributed by atoms with van der Waals surface area (Å²) in [5.74, 6) is 0. The van der Waals surface area contributed by atoms with Crippen molar-refractivity contribution < 1.29 is 0 Å². The van der Waals surface area contributed by atoms with E-state index < -0.39 is 0 Å². The Morgan fingerprint density at radius 2 is 2.47 bits per heavy atom. The van der Waals surface area contributed by atoms with E-state index in [-0.39, 0.29) is 0 Å². The van der Waals surface area contributed by atoms with Gasteiger partial charge in [-0.3, -0.25) is 4.90 Å². The maximum Gasteiger partial charge on any atom is 0.0339 e. The summed E-state index contributed by atoms with van der Waals surface area (Å²) in [4.78, 5) is 4.05. The Hall–Kier alpha value is 0.1000. The average molecular weight is 317 g/mol. The zero-order valence-electron chi connectivity index (χ0n) is 10.4. The smallest absolute Gasteiger partial charge is 0.0339 e. The summed E-state index contributed by atoms with van der Waals surface area (Å²) in [7, 11) is 0. The third-order valence-electron chi connectivity index (χ3n) is 3.26. The first-order valence-corrected chi connectivity index (χ1v) is 8.14. The molecule has 1 atom stereocenters. The summed E-state index contributed by atoms with van der Waals surface area (Å²) in [5, 5.41) is 5.82. The molecule has 1 aliphatic rings. The van der Waals surface area contributed by atoms with Gasteiger partial charge in [0.1, 0.15) is 0 Å². The lowest BCUT2D eigenvalue weighted by molar-refractivity contribution is 0.256. The standard InChI is InChI=1S/C13H21BrN2S/c1-2-4-11-9-16(7-3-6-15-11)10-13-12(14)5-8-17-13/h5,8,11,15H,2-4,6-7,9-10H2,1H3. The van der Waals surface area contributed by atoms with Gasteiger partial charge in [0, 0.05) is 28.5 Å². The fourth-order valence-corrected chi connectivity index (χ4v) is 3.92. The van der Waals surface area contributed by atoms with Crippen LogP contribution >= 0.6 is 27.3 Å². The van der Waals surface area contributed by atoms with E-state index in [9.17, 15) is 0 Å². The number of hydrogen-bond donors (Lipinski definition) is 1. The van der Waals surface area contributed by atoms with Crippen LogP contribution in [0.2, 0.25) is 0 Å². The van der Waals surface area contributed by atoms with E-state index in [0.717, 1.165) is 6.54 Å². The Kier molecular flexibility index (Phi) is 5.48. The highest BCUT2D eigenvalue weighted by Gasteiger charge is 2.17. The van der Waals surface area contributed by atoms with Crippen LogP contribution in [-0.2, 0) is 6.54 Å². The molecule has 0 amide bonds. The van der Waals surface area contributed by atoms with Crippen LogP contribution < -0.4 is 5.32 Å². The predicted octanol–water partition coefficient (Wildman–Crippen LogP) is 3.47. The van der Waals surface area contributed by atoms with Gasteiger partial charge in [-0.2, -0.15) is 0 Å². The molecule has 1 saturated heterocycles. The van der Waals surface area contributed by atoms with Crippen molar-refractivity contribution in [1.29, 1.82) is 0 Å². The Morgan fingerprint density at radius 1 is 1.59 bits per heavy atom. The minimum Gasteiger partial charge on any atom is -0.313 e. The van der Waals surface area contributed by atoms with Gasteiger partial charge in [-0.1, -0.05) is 13.3 Å². The molecular formula is C13H21BrN2S. The summed E-state index contributed by atoms with van der Waals surface area (Å²) < 4.78 is 1.27. The molecule has 0 bridgehead atoms. The molecule has 1 aliphatic heterocycles. The van der Waals surface area contributed by atoms with Crippen molar-refractivity contribution in [3.63, 3.8) is 0 Å². The van der Waals surface area contributed by atoms with E-state index in [1.165, 1.54) is 48.2 Å².